The SMILES string of the molecule is Cc1nc(-c2ccc(C(F)(F)F)cc2)oc1CN1CCc2ccc(OC(C)(C)C(=O)O)cc2CC1. The molecule has 1 aromatic heterocycles. The molecule has 3 aromatic rings. The van der Waals surface area contributed by atoms with Gasteiger partial charge < -0.3 is 14.3 Å². The first-order valence-corrected chi connectivity index (χ1v) is 11.3. The van der Waals surface area contributed by atoms with Crippen molar-refractivity contribution >= 4 is 5.97 Å². The van der Waals surface area contributed by atoms with E-state index in [1.165, 1.54) is 31.5 Å². The Kier molecular flexibility index (Phi) is 6.64. The van der Waals surface area contributed by atoms with Gasteiger partial charge in [-0.25, -0.2) is 9.78 Å². The van der Waals surface area contributed by atoms with Crippen LogP contribution in [0.25, 0.3) is 11.5 Å². The van der Waals surface area contributed by atoms with Crippen LogP contribution in [0.4, 0.5) is 13.2 Å². The number of aliphatic carboxylic acids is 1. The summed E-state index contributed by atoms with van der Waals surface area (Å²) in [5.41, 5.74) is 1.47. The summed E-state index contributed by atoms with van der Waals surface area (Å²) < 4.78 is 50.1. The van der Waals surface area contributed by atoms with E-state index in [0.717, 1.165) is 43.6 Å². The number of hydrogen-bond acceptors (Lipinski definition) is 5. The highest BCUT2D eigenvalue weighted by atomic mass is 19.4. The Hall–Kier alpha value is -3.33. The zero-order valence-corrected chi connectivity index (χ0v) is 19.8. The van der Waals surface area contributed by atoms with Crippen molar-refractivity contribution in [3.05, 3.63) is 70.6 Å². The van der Waals surface area contributed by atoms with Crippen LogP contribution < -0.4 is 4.74 Å². The molecule has 2 heterocycles. The molecule has 0 fully saturated rings. The molecule has 0 saturated carbocycles. The fourth-order valence-electron chi connectivity index (χ4n) is 4.01. The second kappa shape index (κ2) is 9.37. The number of benzene rings is 2. The van der Waals surface area contributed by atoms with E-state index >= 15 is 0 Å². The molecule has 6 nitrogen and oxygen atoms in total. The molecule has 0 amide bonds. The molecule has 1 aliphatic rings. The lowest BCUT2D eigenvalue weighted by molar-refractivity contribution is -0.152. The van der Waals surface area contributed by atoms with E-state index in [9.17, 15) is 23.1 Å². The second-order valence-corrected chi connectivity index (χ2v) is 9.23. The van der Waals surface area contributed by atoms with Gasteiger partial charge in [-0.15, -0.1) is 0 Å². The molecule has 186 valence electrons. The summed E-state index contributed by atoms with van der Waals surface area (Å²) in [5.74, 6) is 0.471. The fraction of sp³-hybridized carbons (Fsp3) is 0.385. The van der Waals surface area contributed by atoms with Gasteiger partial charge in [0.15, 0.2) is 5.60 Å². The van der Waals surface area contributed by atoms with Gasteiger partial charge in [-0.3, -0.25) is 4.90 Å². The summed E-state index contributed by atoms with van der Waals surface area (Å²) in [6.45, 7) is 6.94. The van der Waals surface area contributed by atoms with Crippen LogP contribution in [0.2, 0.25) is 0 Å². The number of ether oxygens (including phenoxy) is 1. The van der Waals surface area contributed by atoms with Gasteiger partial charge in [-0.05, 0) is 81.1 Å². The first-order valence-electron chi connectivity index (χ1n) is 11.3. The van der Waals surface area contributed by atoms with E-state index in [2.05, 4.69) is 9.88 Å². The molecule has 0 radical (unpaired) electrons. The number of alkyl halides is 3. The van der Waals surface area contributed by atoms with E-state index in [-0.39, 0.29) is 0 Å². The van der Waals surface area contributed by atoms with Gasteiger partial charge in [0.2, 0.25) is 5.89 Å². The predicted molar refractivity (Wildman–Crippen MR) is 123 cm³/mol. The largest absolute Gasteiger partial charge is 0.478 e. The maximum atomic E-state index is 12.8. The number of halogens is 3. The van der Waals surface area contributed by atoms with Gasteiger partial charge in [0.05, 0.1) is 17.8 Å². The molecule has 1 N–H and O–H groups in total. The quantitative estimate of drug-likeness (QED) is 0.493. The average molecular weight is 489 g/mol. The highest BCUT2D eigenvalue weighted by Crippen LogP contribution is 2.32. The van der Waals surface area contributed by atoms with Crippen molar-refractivity contribution in [3.63, 3.8) is 0 Å². The molecular weight excluding hydrogens is 461 g/mol. The minimum Gasteiger partial charge on any atom is -0.478 e. The smallest absolute Gasteiger partial charge is 0.416 e. The topological polar surface area (TPSA) is 75.8 Å². The summed E-state index contributed by atoms with van der Waals surface area (Å²) >= 11 is 0. The number of hydrogen-bond donors (Lipinski definition) is 1. The van der Waals surface area contributed by atoms with Gasteiger partial charge in [0.25, 0.3) is 0 Å². The van der Waals surface area contributed by atoms with Crippen molar-refractivity contribution in [2.45, 2.75) is 51.9 Å². The molecule has 35 heavy (non-hydrogen) atoms. The van der Waals surface area contributed by atoms with Crippen molar-refractivity contribution in [2.24, 2.45) is 0 Å². The molecular formula is C26H27F3N2O4. The van der Waals surface area contributed by atoms with Crippen LogP contribution in [0.5, 0.6) is 5.75 Å². The zero-order chi connectivity index (χ0) is 25.4. The lowest BCUT2D eigenvalue weighted by atomic mass is 10.0. The summed E-state index contributed by atoms with van der Waals surface area (Å²) in [6, 6.07) is 10.5. The number of rotatable bonds is 6. The van der Waals surface area contributed by atoms with Gasteiger partial charge in [0, 0.05) is 18.7 Å². The molecule has 0 atom stereocenters. The summed E-state index contributed by atoms with van der Waals surface area (Å²) in [4.78, 5) is 18.0. The lowest BCUT2D eigenvalue weighted by Gasteiger charge is -2.22. The van der Waals surface area contributed by atoms with Crippen LogP contribution in [0.3, 0.4) is 0 Å². The van der Waals surface area contributed by atoms with Crippen LogP contribution in [0.15, 0.2) is 46.9 Å². The Balaban J connectivity index is 1.43. The minimum absolute atomic E-state index is 0.298. The van der Waals surface area contributed by atoms with Crippen LogP contribution in [-0.2, 0) is 30.4 Å². The summed E-state index contributed by atoms with van der Waals surface area (Å²) in [5, 5.41) is 9.31. The van der Waals surface area contributed by atoms with E-state index < -0.39 is 23.3 Å². The van der Waals surface area contributed by atoms with E-state index in [0.29, 0.717) is 35.2 Å². The Labute approximate surface area is 201 Å². The molecule has 0 saturated heterocycles. The van der Waals surface area contributed by atoms with E-state index in [4.69, 9.17) is 9.15 Å². The zero-order valence-electron chi connectivity index (χ0n) is 19.8. The molecule has 2 aromatic carbocycles. The van der Waals surface area contributed by atoms with E-state index in [1.807, 2.05) is 19.1 Å². The van der Waals surface area contributed by atoms with E-state index in [1.54, 1.807) is 6.07 Å². The summed E-state index contributed by atoms with van der Waals surface area (Å²) in [6.07, 6.45) is -2.81. The van der Waals surface area contributed by atoms with Crippen molar-refractivity contribution in [2.75, 3.05) is 13.1 Å². The monoisotopic (exact) mass is 488 g/mol. The number of oxazole rings is 1. The third-order valence-corrected chi connectivity index (χ3v) is 6.18. The molecule has 0 spiro atoms. The number of carboxylic acid groups (broad SMARTS) is 1. The molecule has 4 rings (SSSR count). The fourth-order valence-corrected chi connectivity index (χ4v) is 4.01. The Morgan fingerprint density at radius 3 is 2.37 bits per heavy atom. The van der Waals surface area contributed by atoms with Gasteiger partial charge in [0.1, 0.15) is 11.5 Å². The summed E-state index contributed by atoms with van der Waals surface area (Å²) in [7, 11) is 0. The van der Waals surface area contributed by atoms with Crippen molar-refractivity contribution in [1.29, 1.82) is 0 Å². The molecule has 1 aliphatic heterocycles. The van der Waals surface area contributed by atoms with Crippen molar-refractivity contribution in [1.82, 2.24) is 9.88 Å². The number of carboxylic acids is 1. The number of carbonyl (C=O) groups is 1. The number of fused-ring (bicyclic) bond motifs is 1. The Bertz CT molecular complexity index is 1220. The highest BCUT2D eigenvalue weighted by Gasteiger charge is 2.31. The van der Waals surface area contributed by atoms with Gasteiger partial charge >= 0.3 is 12.1 Å². The van der Waals surface area contributed by atoms with Crippen LogP contribution >= 0.6 is 0 Å². The van der Waals surface area contributed by atoms with Crippen LogP contribution in [0, 0.1) is 6.92 Å². The Morgan fingerprint density at radius 1 is 1.09 bits per heavy atom. The average Bonchev–Trinajstić information content (AvgIpc) is 3.03. The standard InChI is InChI=1S/C26H27F3N2O4/c1-16-22(34-23(30-16)18-4-7-20(8-5-18)26(27,28)29)15-31-12-10-17-6-9-21(14-19(17)11-13-31)35-25(2,3)24(32)33/h4-9,14H,10-13,15H2,1-3H3,(H,32,33). The predicted octanol–water partition coefficient (Wildman–Crippen LogP) is 5.51. The maximum Gasteiger partial charge on any atom is 0.416 e. The molecule has 0 bridgehead atoms. The molecule has 0 aliphatic carbocycles. The third kappa shape index (κ3) is 5.67. The highest BCUT2D eigenvalue weighted by molar-refractivity contribution is 5.76. The number of nitrogens with zero attached hydrogens (tertiary/aromatic N) is 2. The van der Waals surface area contributed by atoms with Crippen LogP contribution in [-0.4, -0.2) is 39.7 Å². The molecule has 0 unspecified atom stereocenters. The maximum absolute atomic E-state index is 12.8. The Morgan fingerprint density at radius 2 is 1.74 bits per heavy atom. The van der Waals surface area contributed by atoms with Crippen molar-refractivity contribution < 1.29 is 32.2 Å². The number of aromatic nitrogens is 1. The molecule has 9 heteroatoms. The van der Waals surface area contributed by atoms with Crippen molar-refractivity contribution in [3.8, 4) is 17.2 Å². The normalized spacial score (nSPS) is 14.9. The number of aryl methyl sites for hydroxylation is 1. The minimum atomic E-state index is -4.39. The first-order chi connectivity index (χ1) is 16.4. The van der Waals surface area contributed by atoms with Gasteiger partial charge in [-0.1, -0.05) is 6.07 Å². The first kappa shape index (κ1) is 24.8. The van der Waals surface area contributed by atoms with Crippen LogP contribution in [0.1, 0.15) is 42.0 Å². The second-order valence-electron chi connectivity index (χ2n) is 9.23. The lowest BCUT2D eigenvalue weighted by Crippen LogP contribution is -2.37. The third-order valence-electron chi connectivity index (χ3n) is 6.18. The van der Waals surface area contributed by atoms with Gasteiger partial charge in [-0.2, -0.15) is 13.2 Å².